The predicted octanol–water partition coefficient (Wildman–Crippen LogP) is 5.55. The monoisotopic (exact) mass is 831 g/mol. The van der Waals surface area contributed by atoms with Gasteiger partial charge in [-0.05, 0) is 131 Å². The Hall–Kier alpha value is -5.45. The van der Waals surface area contributed by atoms with Crippen LogP contribution in [0, 0.1) is 22.7 Å². The first-order valence-corrected chi connectivity index (χ1v) is 21.8. The Kier molecular flexibility index (Phi) is 11.0. The maximum Gasteiger partial charge on any atom is 0.262 e. The van der Waals surface area contributed by atoms with E-state index < -0.39 is 23.8 Å². The zero-order valence-corrected chi connectivity index (χ0v) is 34.4. The van der Waals surface area contributed by atoms with Crippen LogP contribution < -0.4 is 25.2 Å². The largest absolute Gasteiger partial charge is 0.490 e. The van der Waals surface area contributed by atoms with Gasteiger partial charge in [0, 0.05) is 73.6 Å². The summed E-state index contributed by atoms with van der Waals surface area (Å²) in [6.45, 7) is 7.16. The standard InChI is InChI=1S/C46H50ClN7O6/c47-39-24-36(9-3-31(39)25-48)60-35-10-4-32(5-11-35)49-42(56)30-1-6-33(7-2-30)53-27-46(28-53)17-21-51(22-18-46)26-29-15-19-52(20-16-29)34-8-12-37-38(23-34)45(59)54(44(37)58)40-13-14-41(55)50-43(40)57/h1-3,6-9,12,23-24,29,32,35,40H,4-5,10-11,13-22,26-28H2,(H,49,56)(H,50,55,57)/t32-,35-,40?. The zero-order chi connectivity index (χ0) is 41.5. The smallest absolute Gasteiger partial charge is 0.262 e. The van der Waals surface area contributed by atoms with E-state index in [4.69, 9.17) is 21.6 Å². The third kappa shape index (κ3) is 8.07. The fraction of sp³-hybridized carbons (Fsp3) is 0.478. The van der Waals surface area contributed by atoms with E-state index in [1.165, 1.54) is 12.8 Å². The molecule has 5 heterocycles. The number of piperidine rings is 3. The molecule has 14 heteroatoms. The molecule has 2 N–H and O–H groups in total. The van der Waals surface area contributed by atoms with Crippen LogP contribution in [0.2, 0.25) is 5.02 Å². The Labute approximate surface area is 354 Å². The van der Waals surface area contributed by atoms with Crippen LogP contribution in [-0.2, 0) is 9.59 Å². The van der Waals surface area contributed by atoms with Gasteiger partial charge in [-0.2, -0.15) is 5.26 Å². The molecule has 5 aliphatic heterocycles. The summed E-state index contributed by atoms with van der Waals surface area (Å²) in [4.78, 5) is 72.1. The van der Waals surface area contributed by atoms with E-state index in [0.29, 0.717) is 44.4 Å². The van der Waals surface area contributed by atoms with Crippen molar-refractivity contribution >= 4 is 52.5 Å². The van der Waals surface area contributed by atoms with E-state index in [1.54, 1.807) is 30.3 Å². The van der Waals surface area contributed by atoms with Crippen molar-refractivity contribution < 1.29 is 28.7 Å². The molecule has 5 fully saturated rings. The molecule has 9 rings (SSSR count). The van der Waals surface area contributed by atoms with E-state index in [0.717, 1.165) is 101 Å². The van der Waals surface area contributed by atoms with Gasteiger partial charge in [-0.1, -0.05) is 11.6 Å². The van der Waals surface area contributed by atoms with Crippen molar-refractivity contribution in [2.24, 2.45) is 11.3 Å². The summed E-state index contributed by atoms with van der Waals surface area (Å²) in [7, 11) is 0. The molecule has 1 spiro atoms. The highest BCUT2D eigenvalue weighted by Gasteiger charge is 2.46. The minimum atomic E-state index is -0.962. The molecule has 4 saturated heterocycles. The topological polar surface area (TPSA) is 155 Å². The molecule has 1 unspecified atom stereocenters. The van der Waals surface area contributed by atoms with Gasteiger partial charge >= 0.3 is 0 Å². The molecule has 0 bridgehead atoms. The van der Waals surface area contributed by atoms with Crippen LogP contribution in [0.5, 0.6) is 5.75 Å². The van der Waals surface area contributed by atoms with Crippen molar-refractivity contribution in [3.63, 3.8) is 0 Å². The Balaban J connectivity index is 0.683. The molecule has 0 aromatic heterocycles. The summed E-state index contributed by atoms with van der Waals surface area (Å²) in [5, 5.41) is 15.0. The van der Waals surface area contributed by atoms with E-state index in [2.05, 4.69) is 43.5 Å². The number of likely N-dealkylation sites (tertiary alicyclic amines) is 1. The molecule has 13 nitrogen and oxygen atoms in total. The number of hydrogen-bond donors (Lipinski definition) is 2. The van der Waals surface area contributed by atoms with Crippen molar-refractivity contribution in [3.05, 3.63) is 87.9 Å². The second kappa shape index (κ2) is 16.5. The van der Waals surface area contributed by atoms with Crippen LogP contribution >= 0.6 is 11.6 Å². The number of carbonyl (C=O) groups is 5. The minimum Gasteiger partial charge on any atom is -0.490 e. The van der Waals surface area contributed by atoms with Gasteiger partial charge in [-0.25, -0.2) is 0 Å². The third-order valence-electron chi connectivity index (χ3n) is 13.8. The van der Waals surface area contributed by atoms with Gasteiger partial charge in [0.15, 0.2) is 0 Å². The summed E-state index contributed by atoms with van der Waals surface area (Å²) >= 11 is 6.16. The second-order valence-corrected chi connectivity index (χ2v) is 18.0. The first-order valence-electron chi connectivity index (χ1n) is 21.4. The Morgan fingerprint density at radius 3 is 2.20 bits per heavy atom. The summed E-state index contributed by atoms with van der Waals surface area (Å²) in [5.74, 6) is -0.701. The number of nitrogens with zero attached hydrogens (tertiary/aromatic N) is 5. The number of fused-ring (bicyclic) bond motifs is 1. The number of hydrogen-bond acceptors (Lipinski definition) is 10. The Bertz CT molecular complexity index is 2230. The molecule has 1 atom stereocenters. The molecule has 312 valence electrons. The van der Waals surface area contributed by atoms with Crippen LogP contribution in [0.3, 0.4) is 0 Å². The van der Waals surface area contributed by atoms with Crippen LogP contribution in [0.4, 0.5) is 11.4 Å². The molecule has 3 aromatic rings. The number of anilines is 2. The molecule has 1 aliphatic carbocycles. The number of halogens is 1. The number of ether oxygens (including phenoxy) is 1. The van der Waals surface area contributed by atoms with Crippen molar-refractivity contribution in [1.82, 2.24) is 20.4 Å². The number of carbonyl (C=O) groups excluding carboxylic acids is 5. The molecular weight excluding hydrogens is 782 g/mol. The van der Waals surface area contributed by atoms with E-state index in [9.17, 15) is 24.0 Å². The van der Waals surface area contributed by atoms with Gasteiger partial charge in [0.1, 0.15) is 17.9 Å². The molecule has 60 heavy (non-hydrogen) atoms. The molecular formula is C46H50ClN7O6. The summed E-state index contributed by atoms with van der Waals surface area (Å²) in [5.41, 5.74) is 4.18. The van der Waals surface area contributed by atoms with Crippen LogP contribution in [-0.4, -0.2) is 103 Å². The van der Waals surface area contributed by atoms with Crippen molar-refractivity contribution in [2.75, 3.05) is 55.6 Å². The van der Waals surface area contributed by atoms with Gasteiger partial charge in [-0.3, -0.25) is 34.2 Å². The second-order valence-electron chi connectivity index (χ2n) is 17.6. The SMILES string of the molecule is N#Cc1ccc(O[C@H]2CC[C@H](NC(=O)c3ccc(N4CC5(CCN(CC6CCN(c7ccc8c(c7)C(=O)N(C7CCC(=O)NC7=O)C8=O)CC6)CC5)C4)cc3)CC2)cc1Cl. The highest BCUT2D eigenvalue weighted by molar-refractivity contribution is 6.31. The van der Waals surface area contributed by atoms with Crippen molar-refractivity contribution in [3.8, 4) is 11.8 Å². The molecule has 6 aliphatic rings. The van der Waals surface area contributed by atoms with Gasteiger partial charge in [-0.15, -0.1) is 0 Å². The molecule has 3 aromatic carbocycles. The number of imide groups is 2. The first kappa shape index (κ1) is 40.0. The average Bonchev–Trinajstić information content (AvgIpc) is 3.49. The lowest BCUT2D eigenvalue weighted by molar-refractivity contribution is -0.136. The number of nitriles is 1. The molecule has 5 amide bonds. The van der Waals surface area contributed by atoms with Crippen molar-refractivity contribution in [1.29, 1.82) is 5.26 Å². The van der Waals surface area contributed by atoms with Gasteiger partial charge in [0.05, 0.1) is 27.8 Å². The minimum absolute atomic E-state index is 0.0413. The van der Waals surface area contributed by atoms with Gasteiger partial charge in [0.2, 0.25) is 11.8 Å². The first-order chi connectivity index (χ1) is 29.0. The quantitative estimate of drug-likeness (QED) is 0.262. The van der Waals surface area contributed by atoms with Crippen LogP contribution in [0.15, 0.2) is 60.7 Å². The van der Waals surface area contributed by atoms with Crippen LogP contribution in [0.25, 0.3) is 0 Å². The fourth-order valence-corrected chi connectivity index (χ4v) is 10.3. The normalized spacial score (nSPS) is 24.5. The highest BCUT2D eigenvalue weighted by Crippen LogP contribution is 2.43. The number of nitrogens with one attached hydrogen (secondary N) is 2. The average molecular weight is 832 g/mol. The highest BCUT2D eigenvalue weighted by atomic mass is 35.5. The lowest BCUT2D eigenvalue weighted by Gasteiger charge is -2.55. The third-order valence-corrected chi connectivity index (χ3v) is 14.1. The number of benzene rings is 3. The summed E-state index contributed by atoms with van der Waals surface area (Å²) in [6, 6.07) is 19.8. The lowest BCUT2D eigenvalue weighted by Crippen LogP contribution is -2.60. The van der Waals surface area contributed by atoms with E-state index in [1.807, 2.05) is 18.2 Å². The summed E-state index contributed by atoms with van der Waals surface area (Å²) in [6.07, 6.45) is 8.14. The molecule has 0 radical (unpaired) electrons. The predicted molar refractivity (Wildman–Crippen MR) is 225 cm³/mol. The van der Waals surface area contributed by atoms with Gasteiger partial charge in [0.25, 0.3) is 17.7 Å². The Morgan fingerprint density at radius 1 is 0.817 bits per heavy atom. The maximum atomic E-state index is 13.3. The zero-order valence-electron chi connectivity index (χ0n) is 33.7. The molecule has 1 saturated carbocycles. The van der Waals surface area contributed by atoms with E-state index >= 15 is 0 Å². The van der Waals surface area contributed by atoms with Gasteiger partial charge < -0.3 is 24.8 Å². The van der Waals surface area contributed by atoms with E-state index in [-0.39, 0.29) is 36.8 Å². The van der Waals surface area contributed by atoms with Crippen LogP contribution in [0.1, 0.15) is 101 Å². The Morgan fingerprint density at radius 2 is 1.52 bits per heavy atom. The fourth-order valence-electron chi connectivity index (χ4n) is 10.1. The summed E-state index contributed by atoms with van der Waals surface area (Å²) < 4.78 is 6.11. The number of rotatable bonds is 9. The maximum absolute atomic E-state index is 13.3. The number of amides is 5. The lowest BCUT2D eigenvalue weighted by atomic mass is 9.71. The van der Waals surface area contributed by atoms with Crippen molar-refractivity contribution in [2.45, 2.75) is 82.4 Å².